The van der Waals surface area contributed by atoms with Gasteiger partial charge in [-0.2, -0.15) is 0 Å². The van der Waals surface area contributed by atoms with Crippen LogP contribution in [0.5, 0.6) is 0 Å². The van der Waals surface area contributed by atoms with Crippen LogP contribution < -0.4 is 37.6 Å². The van der Waals surface area contributed by atoms with Crippen molar-refractivity contribution in [3.63, 3.8) is 0 Å². The number of ether oxygens (including phenoxy) is 1. The number of carboxylic acids is 2. The van der Waals surface area contributed by atoms with Crippen molar-refractivity contribution in [3.8, 4) is 0 Å². The van der Waals surface area contributed by atoms with Crippen LogP contribution in [-0.4, -0.2) is 164 Å². The first-order valence-corrected chi connectivity index (χ1v) is 30.1. The molecule has 26 heteroatoms. The van der Waals surface area contributed by atoms with Gasteiger partial charge in [-0.15, -0.1) is 0 Å². The number of aliphatic carboxylic acids is 2. The number of unbranched alkanes of at least 4 members (excludes halogenated alkanes) is 2. The number of likely N-dealkylation sites (N-methyl/N-ethyl adjacent to an activating group) is 2. The number of para-hydroxylation sites is 1. The van der Waals surface area contributed by atoms with Crippen molar-refractivity contribution in [2.24, 2.45) is 30.0 Å². The summed E-state index contributed by atoms with van der Waals surface area (Å²) in [7, 11) is 4.80. The summed E-state index contributed by atoms with van der Waals surface area (Å²) in [5.41, 5.74) is 5.55. The van der Waals surface area contributed by atoms with Crippen LogP contribution in [0.2, 0.25) is 0 Å². The normalized spacial score (nSPS) is 14.7. The van der Waals surface area contributed by atoms with Crippen LogP contribution >= 0.6 is 0 Å². The zero-order valence-corrected chi connectivity index (χ0v) is 53.9. The number of nitrogens with two attached hydrogens (primary N) is 1. The third kappa shape index (κ3) is 20.8. The minimum absolute atomic E-state index is 0.0630. The van der Waals surface area contributed by atoms with Gasteiger partial charge in [0.05, 0.1) is 6.04 Å². The molecule has 6 atom stereocenters. The fourth-order valence-electron chi connectivity index (χ4n) is 10.6. The molecule has 0 bridgehead atoms. The average Bonchev–Trinajstić information content (AvgIpc) is 1.56. The van der Waals surface area contributed by atoms with E-state index < -0.39 is 119 Å². The number of carbonyl (C=O) groups is 12. The smallest absolute Gasteiger partial charge is 0.410 e. The first kappa shape index (κ1) is 73.4. The second-order valence-electron chi connectivity index (χ2n) is 25.0. The van der Waals surface area contributed by atoms with E-state index in [-0.39, 0.29) is 68.7 Å². The van der Waals surface area contributed by atoms with Gasteiger partial charge in [0.25, 0.3) is 11.8 Å². The fourth-order valence-corrected chi connectivity index (χ4v) is 10.6. The molecule has 1 aromatic heterocycles. The highest BCUT2D eigenvalue weighted by atomic mass is 16.6. The van der Waals surface area contributed by atoms with Crippen LogP contribution in [-0.2, 0) is 71.8 Å². The van der Waals surface area contributed by atoms with Gasteiger partial charge in [0.2, 0.25) is 35.4 Å². The molecule has 0 saturated carbocycles. The highest BCUT2D eigenvalue weighted by Crippen LogP contribution is 2.37. The molecule has 26 nitrogen and oxygen atoms in total. The number of aryl methyl sites for hydroxylation is 1. The molecule has 1 aliphatic rings. The number of nitrogens with zero attached hydrogens (tertiary/aromatic N) is 4. The van der Waals surface area contributed by atoms with E-state index in [2.05, 4.69) is 31.9 Å². The van der Waals surface area contributed by atoms with Gasteiger partial charge in [-0.1, -0.05) is 105 Å². The second-order valence-corrected chi connectivity index (χ2v) is 25.0. The summed E-state index contributed by atoms with van der Waals surface area (Å²) in [5.74, 6) is -7.75. The lowest BCUT2D eigenvalue weighted by atomic mass is 9.76. The number of primary amides is 1. The Balaban J connectivity index is 1.54. The van der Waals surface area contributed by atoms with Gasteiger partial charge in [-0.3, -0.25) is 53.0 Å². The Morgan fingerprint density at radius 3 is 1.93 bits per heavy atom. The minimum atomic E-state index is -1.48. The number of amides is 11. The van der Waals surface area contributed by atoms with Crippen molar-refractivity contribution in [3.05, 3.63) is 89.7 Å². The van der Waals surface area contributed by atoms with Crippen LogP contribution in [0.3, 0.4) is 0 Å². The zero-order valence-electron chi connectivity index (χ0n) is 53.9. The molecule has 0 spiro atoms. The molecule has 90 heavy (non-hydrogen) atoms. The Kier molecular flexibility index (Phi) is 26.8. The van der Waals surface area contributed by atoms with Gasteiger partial charge in [0.15, 0.2) is 0 Å². The Hall–Kier alpha value is -9.10. The van der Waals surface area contributed by atoms with Crippen molar-refractivity contribution in [1.82, 2.24) is 45.9 Å². The molecule has 10 N–H and O–H groups in total. The van der Waals surface area contributed by atoms with E-state index >= 15 is 4.79 Å². The SMILES string of the molecule is C/C(=C\[C@H](C(C)C)N(C)C(=O)[C@@H](NC(=O)[C@@H](N(C)C(=O)OCc1ccc(NC(=O)[C@H](CCCNC(N)=O)NC(=O)[C@@H](NC(=O)CCCCCN2C(=O)C=CC2=O)C(C)C)cc1)C(C)(C)c1cn(C)c2ccccc12)C(C)(C)C)C(=O)N[C@H](CCC(=O)O)C(=O)O. The molecule has 0 radical (unpaired) electrons. The highest BCUT2D eigenvalue weighted by molar-refractivity contribution is 6.13. The number of nitrogens with one attached hydrogen (secondary N) is 6. The molecule has 0 aliphatic carbocycles. The number of benzene rings is 2. The van der Waals surface area contributed by atoms with Gasteiger partial charge < -0.3 is 62.1 Å². The Labute approximate surface area is 525 Å². The monoisotopic (exact) mass is 1250 g/mol. The lowest BCUT2D eigenvalue weighted by Crippen LogP contribution is -2.63. The van der Waals surface area contributed by atoms with Crippen molar-refractivity contribution >= 4 is 87.9 Å². The zero-order chi connectivity index (χ0) is 67.5. The summed E-state index contributed by atoms with van der Waals surface area (Å²) < 4.78 is 7.79. The number of carbonyl (C=O) groups excluding carboxylic acids is 10. The molecule has 4 rings (SSSR count). The molecule has 2 heterocycles. The van der Waals surface area contributed by atoms with Crippen LogP contribution in [0.25, 0.3) is 10.9 Å². The lowest BCUT2D eigenvalue weighted by Gasteiger charge is -2.42. The van der Waals surface area contributed by atoms with E-state index in [1.807, 2.05) is 69.8 Å². The maximum absolute atomic E-state index is 15.3. The molecule has 1 aliphatic heterocycles. The Morgan fingerprint density at radius 1 is 0.722 bits per heavy atom. The van der Waals surface area contributed by atoms with Gasteiger partial charge in [0.1, 0.15) is 36.8 Å². The van der Waals surface area contributed by atoms with Crippen molar-refractivity contribution in [1.29, 1.82) is 0 Å². The topological polar surface area (TPSA) is 367 Å². The number of hydrogen-bond donors (Lipinski definition) is 9. The predicted molar refractivity (Wildman–Crippen MR) is 336 cm³/mol. The highest BCUT2D eigenvalue weighted by Gasteiger charge is 2.47. The number of carboxylic acid groups (broad SMARTS) is 2. The largest absolute Gasteiger partial charge is 0.481 e. The maximum atomic E-state index is 15.3. The van der Waals surface area contributed by atoms with Crippen LogP contribution in [0.4, 0.5) is 15.3 Å². The molecule has 0 fully saturated rings. The van der Waals surface area contributed by atoms with Gasteiger partial charge in [-0.25, -0.2) is 14.4 Å². The quantitative estimate of drug-likeness (QED) is 0.0220. The molecule has 492 valence electrons. The molecule has 3 aromatic rings. The van der Waals surface area contributed by atoms with E-state index in [4.69, 9.17) is 15.6 Å². The van der Waals surface area contributed by atoms with Crippen molar-refractivity contribution in [2.75, 3.05) is 32.5 Å². The standard InChI is InChI=1S/C64H91N11O15/c1-37(2)47(34-39(5)55(81)69-45(60(86)87)28-31-51(79)80)73(12)59(85)53(63(6,7)8)71-58(84)54(64(9,10)43-35-72(11)46-22-17-16-20-42(43)46)74(13)62(89)90-36-40-24-26-41(27-25-40)67-56(82)44(21-19-32-66-61(65)88)68-57(83)52(38(3)4)70-48(76)23-15-14-18-33-75-49(77)29-30-50(75)78/h16-17,20,22,24-27,29-30,34-35,37-38,44-45,47,52-54H,14-15,18-19,21,23,28,31-33,36H2,1-13H3,(H,67,82)(H,68,83)(H,69,81)(H,70,76)(H,71,84)(H,79,80)(H,86,87)(H3,65,66,88)/b39-34+/t44-,45+,47+,52-,53+,54+/m0/s1. The summed E-state index contributed by atoms with van der Waals surface area (Å²) in [6.07, 6.45) is 5.91. The van der Waals surface area contributed by atoms with Crippen molar-refractivity contribution in [2.45, 2.75) is 169 Å². The van der Waals surface area contributed by atoms with Crippen LogP contribution in [0.15, 0.2) is 78.5 Å². The van der Waals surface area contributed by atoms with Gasteiger partial charge >= 0.3 is 24.1 Å². The number of urea groups is 1. The molecule has 0 unspecified atom stereocenters. The molecular formula is C64H91N11O15. The number of hydrogen-bond acceptors (Lipinski definition) is 13. The van der Waals surface area contributed by atoms with Crippen LogP contribution in [0.1, 0.15) is 132 Å². The van der Waals surface area contributed by atoms with Crippen molar-refractivity contribution < 1.29 is 72.5 Å². The predicted octanol–water partition coefficient (Wildman–Crippen LogP) is 4.99. The summed E-state index contributed by atoms with van der Waals surface area (Å²) in [5, 5.41) is 35.7. The van der Waals surface area contributed by atoms with E-state index in [9.17, 15) is 57.8 Å². The first-order chi connectivity index (χ1) is 42.1. The fraction of sp³-hybridized carbons (Fsp3) is 0.531. The van der Waals surface area contributed by atoms with Gasteiger partial charge in [-0.05, 0) is 85.6 Å². The Bertz CT molecular complexity index is 3160. The van der Waals surface area contributed by atoms with Crippen LogP contribution in [0, 0.1) is 17.3 Å². The number of aromatic nitrogens is 1. The van der Waals surface area contributed by atoms with Gasteiger partial charge in [0, 0.05) is 93.0 Å². The second kappa shape index (κ2) is 32.9. The number of rotatable bonds is 33. The van der Waals surface area contributed by atoms with E-state index in [0.717, 1.165) is 15.8 Å². The summed E-state index contributed by atoms with van der Waals surface area (Å²) in [6.45, 7) is 17.5. The lowest BCUT2D eigenvalue weighted by molar-refractivity contribution is -0.142. The number of anilines is 1. The number of fused-ring (bicyclic) bond motifs is 1. The number of imide groups is 1. The maximum Gasteiger partial charge on any atom is 0.410 e. The first-order valence-electron chi connectivity index (χ1n) is 30.1. The average molecular weight is 1250 g/mol. The van der Waals surface area contributed by atoms with E-state index in [0.29, 0.717) is 36.1 Å². The minimum Gasteiger partial charge on any atom is -0.481 e. The van der Waals surface area contributed by atoms with E-state index in [1.54, 1.807) is 58.9 Å². The molecule has 11 amide bonds. The Morgan fingerprint density at radius 2 is 1.36 bits per heavy atom. The third-order valence-corrected chi connectivity index (χ3v) is 15.7. The van der Waals surface area contributed by atoms with E-state index in [1.165, 1.54) is 49.0 Å². The summed E-state index contributed by atoms with van der Waals surface area (Å²) in [6, 6.07) is 6.15. The summed E-state index contributed by atoms with van der Waals surface area (Å²) >= 11 is 0. The molecule has 0 saturated heterocycles. The molecular weight excluding hydrogens is 1160 g/mol. The summed E-state index contributed by atoms with van der Waals surface area (Å²) in [4.78, 5) is 160. The third-order valence-electron chi connectivity index (χ3n) is 15.7. The molecule has 2 aromatic carbocycles.